The maximum absolute atomic E-state index is 13.3. The number of carbonyl (C=O) groups excluding carboxylic acids is 2. The van der Waals surface area contributed by atoms with Crippen molar-refractivity contribution in [3.63, 3.8) is 0 Å². The molecule has 2 heterocycles. The van der Waals surface area contributed by atoms with Gasteiger partial charge in [0.1, 0.15) is 16.4 Å². The molecule has 10 nitrogen and oxygen atoms in total. The minimum absolute atomic E-state index is 0.141. The summed E-state index contributed by atoms with van der Waals surface area (Å²) in [7, 11) is 0. The zero-order chi connectivity index (χ0) is 26.8. The Morgan fingerprint density at radius 1 is 1.11 bits per heavy atom. The third-order valence-electron chi connectivity index (χ3n) is 5.01. The lowest BCUT2D eigenvalue weighted by molar-refractivity contribution is -0.159. The topological polar surface area (TPSA) is 142 Å². The first-order valence-corrected chi connectivity index (χ1v) is 12.1. The van der Waals surface area contributed by atoms with E-state index in [0.717, 1.165) is 13.1 Å². The molecule has 0 bridgehead atoms. The predicted octanol–water partition coefficient (Wildman–Crippen LogP) is 3.32. The number of halogens is 1. The number of benzene rings is 1. The van der Waals surface area contributed by atoms with Crippen molar-refractivity contribution >= 4 is 40.2 Å². The van der Waals surface area contributed by atoms with Crippen LogP contribution in [0.3, 0.4) is 0 Å². The smallest absolute Gasteiger partial charge is 0.414 e. The van der Waals surface area contributed by atoms with E-state index in [9.17, 15) is 14.0 Å². The van der Waals surface area contributed by atoms with Gasteiger partial charge in [0.05, 0.1) is 18.8 Å². The van der Waals surface area contributed by atoms with E-state index in [2.05, 4.69) is 10.2 Å². The zero-order valence-electron chi connectivity index (χ0n) is 20.2. The fraction of sp³-hybridized carbons (Fsp3) is 0.417. The minimum atomic E-state index is -1.82. The first-order chi connectivity index (χ1) is 17.0. The third-order valence-corrected chi connectivity index (χ3v) is 5.91. The summed E-state index contributed by atoms with van der Waals surface area (Å²) in [4.78, 5) is 45.6. The van der Waals surface area contributed by atoms with Gasteiger partial charge in [-0.15, -0.1) is 11.3 Å². The maximum Gasteiger partial charge on any atom is 0.414 e. The summed E-state index contributed by atoms with van der Waals surface area (Å²) < 4.78 is 24.2. The van der Waals surface area contributed by atoms with Crippen molar-refractivity contribution in [2.24, 2.45) is 0 Å². The van der Waals surface area contributed by atoms with Crippen LogP contribution >= 0.6 is 11.3 Å². The highest BCUT2D eigenvalue weighted by molar-refractivity contribution is 7.15. The van der Waals surface area contributed by atoms with E-state index in [1.807, 2.05) is 13.8 Å². The Balaban J connectivity index is 0.000000678. The van der Waals surface area contributed by atoms with Gasteiger partial charge in [0.15, 0.2) is 0 Å². The number of amides is 1. The van der Waals surface area contributed by atoms with Crippen LogP contribution in [0.25, 0.3) is 11.1 Å². The molecule has 2 atom stereocenters. The Morgan fingerprint density at radius 3 is 2.22 bits per heavy atom. The molecule has 1 amide bonds. The molecule has 12 heteroatoms. The molecule has 3 N–H and O–H groups in total. The Hall–Kier alpha value is -3.35. The number of nitrogens with zero attached hydrogens (tertiary/aromatic N) is 1. The number of rotatable bonds is 7. The molecular formula is C24H29FN2O8S. The van der Waals surface area contributed by atoms with Crippen LogP contribution in [0.2, 0.25) is 0 Å². The highest BCUT2D eigenvalue weighted by atomic mass is 32.1. The number of aliphatic carboxylic acids is 2. The second-order valence-electron chi connectivity index (χ2n) is 8.01. The SMILES string of the molecule is CCOC(=O)c1c(-c2ccc(F)cc2)csc1NC(=O)CCN1CC(C)OC(C)C1.O=C(O)C(=O)O. The van der Waals surface area contributed by atoms with Gasteiger partial charge in [-0.3, -0.25) is 9.69 Å². The first kappa shape index (κ1) is 28.9. The monoisotopic (exact) mass is 524 g/mol. The zero-order valence-corrected chi connectivity index (χ0v) is 21.0. The third kappa shape index (κ3) is 8.70. The van der Waals surface area contributed by atoms with E-state index >= 15 is 0 Å². The van der Waals surface area contributed by atoms with E-state index < -0.39 is 17.9 Å². The van der Waals surface area contributed by atoms with Gasteiger partial charge in [-0.05, 0) is 38.5 Å². The molecule has 1 aliphatic rings. The van der Waals surface area contributed by atoms with Crippen LogP contribution in [0.5, 0.6) is 0 Å². The second-order valence-corrected chi connectivity index (χ2v) is 8.89. The van der Waals surface area contributed by atoms with Gasteiger partial charge < -0.3 is 25.0 Å². The molecule has 0 saturated carbocycles. The van der Waals surface area contributed by atoms with Crippen LogP contribution in [0.4, 0.5) is 9.39 Å². The number of morpholine rings is 1. The fourth-order valence-corrected chi connectivity index (χ4v) is 4.59. The van der Waals surface area contributed by atoms with Crippen molar-refractivity contribution in [2.75, 3.05) is 31.6 Å². The Labute approximate surface area is 211 Å². The predicted molar refractivity (Wildman–Crippen MR) is 131 cm³/mol. The lowest BCUT2D eigenvalue weighted by atomic mass is 10.0. The Morgan fingerprint density at radius 2 is 1.69 bits per heavy atom. The molecule has 0 radical (unpaired) electrons. The Kier molecular flexibility index (Phi) is 11.0. The Bertz CT molecular complexity index is 1050. The summed E-state index contributed by atoms with van der Waals surface area (Å²) >= 11 is 1.26. The molecule has 1 aliphatic heterocycles. The van der Waals surface area contributed by atoms with Crippen LogP contribution in [-0.2, 0) is 23.9 Å². The van der Waals surface area contributed by atoms with Crippen molar-refractivity contribution in [3.05, 3.63) is 41.0 Å². The van der Waals surface area contributed by atoms with Gasteiger partial charge in [-0.25, -0.2) is 18.8 Å². The minimum Gasteiger partial charge on any atom is -0.473 e. The van der Waals surface area contributed by atoms with E-state index in [4.69, 9.17) is 29.3 Å². The molecule has 0 aliphatic carbocycles. The molecule has 0 spiro atoms. The van der Waals surface area contributed by atoms with Crippen molar-refractivity contribution in [1.82, 2.24) is 4.90 Å². The van der Waals surface area contributed by atoms with Crippen LogP contribution in [0.1, 0.15) is 37.6 Å². The van der Waals surface area contributed by atoms with Gasteiger partial charge in [0, 0.05) is 37.0 Å². The average molecular weight is 525 g/mol. The summed E-state index contributed by atoms with van der Waals surface area (Å²) in [6.45, 7) is 8.20. The number of carboxylic acid groups (broad SMARTS) is 2. The summed E-state index contributed by atoms with van der Waals surface area (Å²) in [6, 6.07) is 5.88. The number of thiophene rings is 1. The summed E-state index contributed by atoms with van der Waals surface area (Å²) in [5.74, 6) is -4.68. The number of hydrogen-bond donors (Lipinski definition) is 3. The van der Waals surface area contributed by atoms with Gasteiger partial charge in [0.25, 0.3) is 0 Å². The second kappa shape index (κ2) is 13.7. The lowest BCUT2D eigenvalue weighted by Crippen LogP contribution is -2.46. The molecule has 2 aromatic rings. The molecule has 1 fully saturated rings. The van der Waals surface area contributed by atoms with Crippen LogP contribution < -0.4 is 5.32 Å². The van der Waals surface area contributed by atoms with Gasteiger partial charge in [0.2, 0.25) is 5.91 Å². The quantitative estimate of drug-likeness (QED) is 0.367. The average Bonchev–Trinajstić information content (AvgIpc) is 3.21. The van der Waals surface area contributed by atoms with Crippen LogP contribution in [0.15, 0.2) is 29.6 Å². The van der Waals surface area contributed by atoms with Crippen molar-refractivity contribution in [3.8, 4) is 11.1 Å². The molecule has 1 saturated heterocycles. The van der Waals surface area contributed by atoms with Crippen molar-refractivity contribution in [2.45, 2.75) is 39.4 Å². The standard InChI is InChI=1S/C22H27FN2O4S.C2H2O4/c1-4-28-22(27)20-18(16-5-7-17(23)8-6-16)13-30-21(20)24-19(26)9-10-25-11-14(2)29-15(3)12-25;3-1(4)2(5)6/h5-8,13-15H,4,9-12H2,1-3H3,(H,24,26);(H,3,4)(H,5,6). The van der Waals surface area contributed by atoms with Gasteiger partial charge >= 0.3 is 17.9 Å². The highest BCUT2D eigenvalue weighted by Crippen LogP contribution is 2.36. The maximum atomic E-state index is 13.3. The normalized spacial score (nSPS) is 17.4. The number of esters is 1. The van der Waals surface area contributed by atoms with Crippen molar-refractivity contribution in [1.29, 1.82) is 0 Å². The van der Waals surface area contributed by atoms with E-state index in [0.29, 0.717) is 34.7 Å². The molecule has 2 unspecified atom stereocenters. The molecule has 1 aromatic heterocycles. The molecule has 3 rings (SSSR count). The van der Waals surface area contributed by atoms with E-state index in [1.54, 1.807) is 24.4 Å². The molecule has 196 valence electrons. The highest BCUT2D eigenvalue weighted by Gasteiger charge is 2.25. The van der Waals surface area contributed by atoms with E-state index in [-0.39, 0.29) is 30.5 Å². The van der Waals surface area contributed by atoms with Gasteiger partial charge in [-0.2, -0.15) is 0 Å². The number of anilines is 1. The first-order valence-electron chi connectivity index (χ1n) is 11.2. The van der Waals surface area contributed by atoms with E-state index in [1.165, 1.54) is 23.5 Å². The van der Waals surface area contributed by atoms with Gasteiger partial charge in [-0.1, -0.05) is 12.1 Å². The van der Waals surface area contributed by atoms with Crippen LogP contribution in [0, 0.1) is 5.82 Å². The van der Waals surface area contributed by atoms with Crippen LogP contribution in [-0.4, -0.2) is 77.4 Å². The lowest BCUT2D eigenvalue weighted by Gasteiger charge is -2.35. The number of carboxylic acids is 2. The number of carbonyl (C=O) groups is 4. The summed E-state index contributed by atoms with van der Waals surface area (Å²) in [5.41, 5.74) is 1.60. The molecule has 1 aromatic carbocycles. The number of nitrogens with one attached hydrogen (secondary N) is 1. The molecule has 36 heavy (non-hydrogen) atoms. The number of hydrogen-bond acceptors (Lipinski definition) is 8. The summed E-state index contributed by atoms with van der Waals surface area (Å²) in [6.07, 6.45) is 0.594. The fourth-order valence-electron chi connectivity index (χ4n) is 3.61. The summed E-state index contributed by atoms with van der Waals surface area (Å²) in [5, 5.41) is 19.9. The molecular weight excluding hydrogens is 495 g/mol. The number of ether oxygens (including phenoxy) is 2. The largest absolute Gasteiger partial charge is 0.473 e. The van der Waals surface area contributed by atoms with Crippen molar-refractivity contribution < 1.29 is 43.3 Å².